The molecule has 0 bridgehead atoms. The lowest BCUT2D eigenvalue weighted by molar-refractivity contribution is 0.236. The molecular weight excluding hydrogens is 280 g/mol. The molecule has 0 radical (unpaired) electrons. The second-order valence-corrected chi connectivity index (χ2v) is 5.55. The Hall–Kier alpha value is -1.95. The predicted molar refractivity (Wildman–Crippen MR) is 80.7 cm³/mol. The fourth-order valence-corrected chi connectivity index (χ4v) is 1.57. The van der Waals surface area contributed by atoms with Gasteiger partial charge in [-0.15, -0.1) is 0 Å². The summed E-state index contributed by atoms with van der Waals surface area (Å²) in [5.74, 6) is 0.469. The van der Waals surface area contributed by atoms with Crippen molar-refractivity contribution in [2.45, 2.75) is 26.3 Å². The van der Waals surface area contributed by atoms with Crippen molar-refractivity contribution in [1.29, 1.82) is 0 Å². The van der Waals surface area contributed by atoms with Crippen molar-refractivity contribution >= 4 is 29.3 Å². The third-order valence-electron chi connectivity index (χ3n) is 2.11. The number of nitrogens with one attached hydrogen (secondary N) is 2. The molecule has 0 spiro atoms. The van der Waals surface area contributed by atoms with Crippen LogP contribution in [0.25, 0.3) is 0 Å². The van der Waals surface area contributed by atoms with Crippen LogP contribution >= 0.6 is 11.6 Å². The molecule has 0 aliphatic heterocycles. The van der Waals surface area contributed by atoms with E-state index in [0.29, 0.717) is 16.5 Å². The maximum absolute atomic E-state index is 11.6. The lowest BCUT2D eigenvalue weighted by atomic mass is 10.1. The normalized spacial score (nSPS) is 11.9. The van der Waals surface area contributed by atoms with Crippen molar-refractivity contribution in [2.24, 2.45) is 10.7 Å². The van der Waals surface area contributed by atoms with Crippen molar-refractivity contribution in [2.75, 3.05) is 7.11 Å². The van der Waals surface area contributed by atoms with Gasteiger partial charge in [-0.1, -0.05) is 11.6 Å². The monoisotopic (exact) mass is 298 g/mol. The zero-order chi connectivity index (χ0) is 15.3. The Kier molecular flexibility index (Phi) is 5.21. The van der Waals surface area contributed by atoms with Crippen molar-refractivity contribution in [3.05, 3.63) is 23.2 Å². The molecule has 1 aromatic rings. The Morgan fingerprint density at radius 2 is 2.05 bits per heavy atom. The Labute approximate surface area is 123 Å². The van der Waals surface area contributed by atoms with Crippen LogP contribution < -0.4 is 21.1 Å². The number of urea groups is 1. The number of ether oxygens (including phenoxy) is 1. The molecule has 0 unspecified atom stereocenters. The van der Waals surface area contributed by atoms with Crippen molar-refractivity contribution < 1.29 is 9.53 Å². The van der Waals surface area contributed by atoms with Gasteiger partial charge in [0.15, 0.2) is 0 Å². The predicted octanol–water partition coefficient (Wildman–Crippen LogP) is 2.39. The van der Waals surface area contributed by atoms with Gasteiger partial charge in [0.05, 0.1) is 17.8 Å². The number of aliphatic imine (C=N–C) groups is 1. The van der Waals surface area contributed by atoms with Gasteiger partial charge in [0.25, 0.3) is 0 Å². The lowest BCUT2D eigenvalue weighted by Crippen LogP contribution is -2.50. The first-order chi connectivity index (χ1) is 9.21. The van der Waals surface area contributed by atoms with E-state index in [4.69, 9.17) is 22.1 Å². The molecule has 20 heavy (non-hydrogen) atoms. The van der Waals surface area contributed by atoms with Crippen molar-refractivity contribution in [1.82, 2.24) is 10.6 Å². The number of nitrogens with zero attached hydrogens (tertiary/aromatic N) is 1. The Morgan fingerprint density at radius 3 is 2.60 bits per heavy atom. The van der Waals surface area contributed by atoms with Gasteiger partial charge < -0.3 is 15.8 Å². The number of benzene rings is 1. The van der Waals surface area contributed by atoms with E-state index in [1.165, 1.54) is 7.11 Å². The number of amides is 2. The summed E-state index contributed by atoms with van der Waals surface area (Å²) in [6.45, 7) is 5.60. The van der Waals surface area contributed by atoms with Gasteiger partial charge in [-0.3, -0.25) is 5.32 Å². The minimum absolute atomic E-state index is 0.0175. The van der Waals surface area contributed by atoms with Gasteiger partial charge in [-0.05, 0) is 32.9 Å². The quantitative estimate of drug-likeness (QED) is 0.578. The number of carbonyl (C=O) groups excluding carboxylic acids is 1. The van der Waals surface area contributed by atoms with E-state index in [1.54, 1.807) is 18.2 Å². The Bertz CT molecular complexity index is 524. The fraction of sp³-hybridized carbons (Fsp3) is 0.385. The van der Waals surface area contributed by atoms with Gasteiger partial charge in [-0.25, -0.2) is 9.79 Å². The highest BCUT2D eigenvalue weighted by atomic mass is 35.5. The molecule has 0 heterocycles. The summed E-state index contributed by atoms with van der Waals surface area (Å²) in [4.78, 5) is 15.7. The third-order valence-corrected chi connectivity index (χ3v) is 2.43. The number of rotatable bonds is 2. The lowest BCUT2D eigenvalue weighted by Gasteiger charge is -2.20. The summed E-state index contributed by atoms with van der Waals surface area (Å²) in [7, 11) is 1.51. The zero-order valence-electron chi connectivity index (χ0n) is 12.0. The first kappa shape index (κ1) is 16.1. The van der Waals surface area contributed by atoms with Crippen LogP contribution in [-0.4, -0.2) is 24.6 Å². The van der Waals surface area contributed by atoms with E-state index < -0.39 is 6.03 Å². The molecule has 1 aromatic carbocycles. The van der Waals surface area contributed by atoms with Crippen LogP contribution in [0.1, 0.15) is 20.8 Å². The summed E-state index contributed by atoms with van der Waals surface area (Å²) in [5.41, 5.74) is 5.83. The van der Waals surface area contributed by atoms with Gasteiger partial charge in [-0.2, -0.15) is 0 Å². The third kappa shape index (κ3) is 5.36. The number of guanidine groups is 1. The van der Waals surface area contributed by atoms with E-state index >= 15 is 0 Å². The molecule has 0 aromatic heterocycles. The molecule has 7 heteroatoms. The number of carbonyl (C=O) groups is 1. The molecule has 0 saturated heterocycles. The summed E-state index contributed by atoms with van der Waals surface area (Å²) in [6.07, 6.45) is 0. The number of hydrogen-bond donors (Lipinski definition) is 3. The number of nitrogens with two attached hydrogens (primary N) is 1. The molecule has 1 rings (SSSR count). The number of hydrogen-bond acceptors (Lipinski definition) is 3. The standard InChI is InChI=1S/C13H19ClN4O2/c1-13(2,3)18-12(19)17-11(15)16-8-5-6-9(14)10(7-8)20-4/h5-7H,1-4H3,(H4,15,16,17,18,19). The SMILES string of the molecule is COc1cc(N=C(N)NC(=O)NC(C)(C)C)ccc1Cl. The van der Waals surface area contributed by atoms with Crippen LogP contribution in [0.2, 0.25) is 5.02 Å². The molecule has 6 nitrogen and oxygen atoms in total. The highest BCUT2D eigenvalue weighted by Gasteiger charge is 2.13. The average molecular weight is 299 g/mol. The van der Waals surface area contributed by atoms with E-state index in [0.717, 1.165) is 0 Å². The van der Waals surface area contributed by atoms with Crippen LogP contribution in [0.15, 0.2) is 23.2 Å². The minimum atomic E-state index is -0.417. The Morgan fingerprint density at radius 1 is 1.40 bits per heavy atom. The molecule has 0 fully saturated rings. The van der Waals surface area contributed by atoms with E-state index in [-0.39, 0.29) is 11.5 Å². The average Bonchev–Trinajstić information content (AvgIpc) is 2.28. The second-order valence-electron chi connectivity index (χ2n) is 5.15. The molecule has 0 atom stereocenters. The van der Waals surface area contributed by atoms with E-state index in [1.807, 2.05) is 20.8 Å². The van der Waals surface area contributed by atoms with Crippen molar-refractivity contribution in [3.63, 3.8) is 0 Å². The van der Waals surface area contributed by atoms with Gasteiger partial charge in [0, 0.05) is 11.6 Å². The summed E-state index contributed by atoms with van der Waals surface area (Å²) in [5, 5.41) is 5.63. The maximum atomic E-state index is 11.6. The molecule has 2 amide bonds. The number of methoxy groups -OCH3 is 1. The number of halogens is 1. The van der Waals surface area contributed by atoms with Gasteiger partial charge in [0.2, 0.25) is 5.96 Å². The van der Waals surface area contributed by atoms with E-state index in [9.17, 15) is 4.79 Å². The largest absolute Gasteiger partial charge is 0.495 e. The molecule has 0 aliphatic rings. The van der Waals surface area contributed by atoms with E-state index in [2.05, 4.69) is 15.6 Å². The zero-order valence-corrected chi connectivity index (χ0v) is 12.7. The molecule has 0 aliphatic carbocycles. The fourth-order valence-electron chi connectivity index (χ4n) is 1.37. The maximum Gasteiger partial charge on any atom is 0.321 e. The van der Waals surface area contributed by atoms with Crippen LogP contribution in [0.3, 0.4) is 0 Å². The molecular formula is C13H19ClN4O2. The topological polar surface area (TPSA) is 88.7 Å². The van der Waals surface area contributed by atoms with Crippen LogP contribution in [0.5, 0.6) is 5.75 Å². The van der Waals surface area contributed by atoms with Crippen LogP contribution in [0.4, 0.5) is 10.5 Å². The molecule has 0 saturated carbocycles. The first-order valence-corrected chi connectivity index (χ1v) is 6.36. The summed E-state index contributed by atoms with van der Waals surface area (Å²) < 4.78 is 5.07. The van der Waals surface area contributed by atoms with Crippen LogP contribution in [0, 0.1) is 0 Å². The Balaban J connectivity index is 2.76. The minimum Gasteiger partial charge on any atom is -0.495 e. The molecule has 110 valence electrons. The van der Waals surface area contributed by atoms with Gasteiger partial charge in [0.1, 0.15) is 5.75 Å². The highest BCUT2D eigenvalue weighted by Crippen LogP contribution is 2.28. The van der Waals surface area contributed by atoms with Crippen LogP contribution in [-0.2, 0) is 0 Å². The molecule has 4 N–H and O–H groups in total. The first-order valence-electron chi connectivity index (χ1n) is 5.98. The summed E-state index contributed by atoms with van der Waals surface area (Å²) >= 11 is 5.91. The van der Waals surface area contributed by atoms with Gasteiger partial charge >= 0.3 is 6.03 Å². The second kappa shape index (κ2) is 6.47. The smallest absolute Gasteiger partial charge is 0.321 e. The highest BCUT2D eigenvalue weighted by molar-refractivity contribution is 6.32. The summed E-state index contributed by atoms with van der Waals surface area (Å²) in [6, 6.07) is 4.51. The van der Waals surface area contributed by atoms with Crippen molar-refractivity contribution in [3.8, 4) is 5.75 Å².